The van der Waals surface area contributed by atoms with Gasteiger partial charge < -0.3 is 0 Å². The Labute approximate surface area is 101 Å². The van der Waals surface area contributed by atoms with Gasteiger partial charge in [0.15, 0.2) is 0 Å². The minimum atomic E-state index is 1.22. The van der Waals surface area contributed by atoms with Gasteiger partial charge in [0.1, 0.15) is 0 Å². The van der Waals surface area contributed by atoms with Crippen LogP contribution in [-0.4, -0.2) is 4.86 Å². The van der Waals surface area contributed by atoms with Crippen molar-refractivity contribution in [3.8, 4) is 0 Å². The molecule has 0 aliphatic heterocycles. The van der Waals surface area contributed by atoms with Crippen molar-refractivity contribution in [3.63, 3.8) is 0 Å². The fourth-order valence-corrected chi connectivity index (χ4v) is 2.65. The number of hydrogen-bond acceptors (Lipinski definition) is 1. The molecule has 1 fully saturated rings. The first-order valence-electron chi connectivity index (χ1n) is 6.91. The second kappa shape index (κ2) is 9.33. The fraction of sp³-hybridized carbons (Fsp3) is 0.929. The van der Waals surface area contributed by atoms with Crippen LogP contribution in [0.3, 0.4) is 0 Å². The molecule has 0 nitrogen and oxygen atoms in total. The fourth-order valence-electron chi connectivity index (χ4n) is 2.36. The minimum absolute atomic E-state index is 1.22. The first-order chi connectivity index (χ1) is 7.39. The quantitative estimate of drug-likeness (QED) is 0.495. The maximum Gasteiger partial charge on any atom is -0.00715 e. The van der Waals surface area contributed by atoms with E-state index in [2.05, 4.69) is 0 Å². The van der Waals surface area contributed by atoms with Crippen molar-refractivity contribution in [1.82, 2.24) is 0 Å². The van der Waals surface area contributed by atoms with Crippen molar-refractivity contribution >= 4 is 17.1 Å². The number of hydrogen-bond donors (Lipinski definition) is 0. The van der Waals surface area contributed by atoms with E-state index in [1.54, 1.807) is 0 Å². The van der Waals surface area contributed by atoms with E-state index in [4.69, 9.17) is 12.2 Å². The van der Waals surface area contributed by atoms with E-state index in [-0.39, 0.29) is 0 Å². The molecule has 0 saturated heterocycles. The first-order valence-corrected chi connectivity index (χ1v) is 7.32. The van der Waals surface area contributed by atoms with Crippen LogP contribution in [-0.2, 0) is 0 Å². The van der Waals surface area contributed by atoms with Crippen molar-refractivity contribution in [2.24, 2.45) is 0 Å². The lowest BCUT2D eigenvalue weighted by Gasteiger charge is -2.06. The SMILES string of the molecule is S=C1CCCCCCCCCCCCC1. The molecule has 1 aliphatic rings. The predicted molar refractivity (Wildman–Crippen MR) is 72.6 cm³/mol. The van der Waals surface area contributed by atoms with Crippen LogP contribution in [0, 0.1) is 0 Å². The average Bonchev–Trinajstić information content (AvgIpc) is 2.24. The van der Waals surface area contributed by atoms with Crippen molar-refractivity contribution in [2.75, 3.05) is 0 Å². The Kier molecular flexibility index (Phi) is 8.18. The summed E-state index contributed by atoms with van der Waals surface area (Å²) in [7, 11) is 0. The van der Waals surface area contributed by atoms with Crippen LogP contribution in [0.1, 0.15) is 83.5 Å². The molecule has 0 aromatic rings. The summed E-state index contributed by atoms with van der Waals surface area (Å²) in [4.78, 5) is 1.34. The van der Waals surface area contributed by atoms with E-state index in [1.807, 2.05) is 0 Å². The smallest absolute Gasteiger partial charge is 0.00715 e. The van der Waals surface area contributed by atoms with Gasteiger partial charge in [0.2, 0.25) is 0 Å². The van der Waals surface area contributed by atoms with E-state index >= 15 is 0 Å². The molecule has 0 spiro atoms. The highest BCUT2D eigenvalue weighted by molar-refractivity contribution is 7.80. The molecule has 0 N–H and O–H groups in total. The topological polar surface area (TPSA) is 0 Å². The molecule has 88 valence electrons. The largest absolute Gasteiger partial charge is 0.0897 e. The molecule has 0 bridgehead atoms. The second-order valence-corrected chi connectivity index (χ2v) is 5.51. The summed E-state index contributed by atoms with van der Waals surface area (Å²) >= 11 is 5.40. The summed E-state index contributed by atoms with van der Waals surface area (Å²) in [6.45, 7) is 0. The zero-order chi connectivity index (χ0) is 10.8. The average molecular weight is 226 g/mol. The molecule has 0 heterocycles. The monoisotopic (exact) mass is 226 g/mol. The Hall–Kier alpha value is 0.0900. The van der Waals surface area contributed by atoms with E-state index in [9.17, 15) is 0 Å². The first kappa shape index (κ1) is 13.2. The van der Waals surface area contributed by atoms with Crippen molar-refractivity contribution in [3.05, 3.63) is 0 Å². The third-order valence-corrected chi connectivity index (χ3v) is 3.82. The Morgan fingerprint density at radius 2 is 0.733 bits per heavy atom. The van der Waals surface area contributed by atoms with Gasteiger partial charge in [0, 0.05) is 0 Å². The van der Waals surface area contributed by atoms with Crippen molar-refractivity contribution < 1.29 is 0 Å². The van der Waals surface area contributed by atoms with Gasteiger partial charge >= 0.3 is 0 Å². The lowest BCUT2D eigenvalue weighted by molar-refractivity contribution is 0.544. The third-order valence-electron chi connectivity index (χ3n) is 3.41. The molecule has 0 aromatic carbocycles. The second-order valence-electron chi connectivity index (χ2n) is 4.93. The molecular weight excluding hydrogens is 200 g/mol. The lowest BCUT2D eigenvalue weighted by atomic mass is 10.0. The summed E-state index contributed by atoms with van der Waals surface area (Å²) in [6.07, 6.45) is 18.1. The Morgan fingerprint density at radius 3 is 1.07 bits per heavy atom. The molecule has 15 heavy (non-hydrogen) atoms. The Morgan fingerprint density at radius 1 is 0.467 bits per heavy atom. The molecule has 0 aromatic heterocycles. The van der Waals surface area contributed by atoms with Gasteiger partial charge in [0.25, 0.3) is 0 Å². The van der Waals surface area contributed by atoms with Gasteiger partial charge in [-0.25, -0.2) is 0 Å². The molecule has 0 unspecified atom stereocenters. The van der Waals surface area contributed by atoms with Gasteiger partial charge in [-0.3, -0.25) is 0 Å². The van der Waals surface area contributed by atoms with Gasteiger partial charge in [-0.15, -0.1) is 0 Å². The summed E-state index contributed by atoms with van der Waals surface area (Å²) in [5, 5.41) is 0. The van der Waals surface area contributed by atoms with Crippen LogP contribution in [0.15, 0.2) is 0 Å². The number of thiocarbonyl (C=S) groups is 1. The van der Waals surface area contributed by atoms with Crippen LogP contribution in [0.2, 0.25) is 0 Å². The molecule has 1 rings (SSSR count). The van der Waals surface area contributed by atoms with Gasteiger partial charge in [0.05, 0.1) is 0 Å². The third kappa shape index (κ3) is 7.96. The van der Waals surface area contributed by atoms with E-state index in [0.717, 1.165) is 0 Å². The van der Waals surface area contributed by atoms with Gasteiger partial charge in [-0.05, 0) is 30.5 Å². The van der Waals surface area contributed by atoms with E-state index < -0.39 is 0 Å². The summed E-state index contributed by atoms with van der Waals surface area (Å²) < 4.78 is 0. The summed E-state index contributed by atoms with van der Waals surface area (Å²) in [6, 6.07) is 0. The lowest BCUT2D eigenvalue weighted by Crippen LogP contribution is -1.95. The zero-order valence-electron chi connectivity index (χ0n) is 10.1. The Balaban J connectivity index is 2.13. The highest BCUT2D eigenvalue weighted by atomic mass is 32.1. The maximum absolute atomic E-state index is 5.40. The van der Waals surface area contributed by atoms with Crippen LogP contribution in [0.4, 0.5) is 0 Å². The van der Waals surface area contributed by atoms with Crippen LogP contribution < -0.4 is 0 Å². The molecule has 0 atom stereocenters. The van der Waals surface area contributed by atoms with E-state index in [1.165, 1.54) is 88.3 Å². The summed E-state index contributed by atoms with van der Waals surface area (Å²) in [5.74, 6) is 0. The highest BCUT2D eigenvalue weighted by Crippen LogP contribution is 2.15. The van der Waals surface area contributed by atoms with Gasteiger partial charge in [-0.1, -0.05) is 70.0 Å². The number of rotatable bonds is 0. The molecule has 0 amide bonds. The van der Waals surface area contributed by atoms with Crippen LogP contribution >= 0.6 is 12.2 Å². The predicted octanol–water partition coefficient (Wildman–Crippen LogP) is 5.44. The zero-order valence-corrected chi connectivity index (χ0v) is 10.9. The van der Waals surface area contributed by atoms with Gasteiger partial charge in [-0.2, -0.15) is 0 Å². The van der Waals surface area contributed by atoms with Crippen molar-refractivity contribution in [1.29, 1.82) is 0 Å². The highest BCUT2D eigenvalue weighted by Gasteiger charge is 2.00. The molecule has 1 saturated carbocycles. The molecular formula is C14H26S. The normalized spacial score (nSPS) is 23.3. The summed E-state index contributed by atoms with van der Waals surface area (Å²) in [5.41, 5.74) is 0. The van der Waals surface area contributed by atoms with Crippen LogP contribution in [0.5, 0.6) is 0 Å². The Bertz CT molecular complexity index is 147. The molecule has 1 aliphatic carbocycles. The van der Waals surface area contributed by atoms with Crippen molar-refractivity contribution in [2.45, 2.75) is 83.5 Å². The minimum Gasteiger partial charge on any atom is -0.0897 e. The molecule has 0 radical (unpaired) electrons. The van der Waals surface area contributed by atoms with Crippen LogP contribution in [0.25, 0.3) is 0 Å². The standard InChI is InChI=1S/C14H26S/c15-14-12-10-8-6-4-2-1-3-5-7-9-11-13-14/h1-13H2. The molecule has 1 heteroatoms. The maximum atomic E-state index is 5.40. The van der Waals surface area contributed by atoms with E-state index in [0.29, 0.717) is 0 Å².